The first-order chi connectivity index (χ1) is 11.2. The molecule has 4 aromatic rings. The predicted octanol–water partition coefficient (Wildman–Crippen LogP) is 4.35. The van der Waals surface area contributed by atoms with Gasteiger partial charge in [0.05, 0.1) is 12.1 Å². The normalized spacial score (nSPS) is 18.0. The molecule has 0 radical (unpaired) electrons. The summed E-state index contributed by atoms with van der Waals surface area (Å²) in [5.74, 6) is 0.378. The molecule has 3 N–H and O–H groups in total. The Kier molecular flexibility index (Phi) is 2.70. The first-order valence-corrected chi connectivity index (χ1v) is 8.34. The van der Waals surface area contributed by atoms with Gasteiger partial charge in [0.1, 0.15) is 0 Å². The van der Waals surface area contributed by atoms with E-state index in [1.165, 1.54) is 32.3 Å². The van der Waals surface area contributed by atoms with Crippen molar-refractivity contribution in [3.05, 3.63) is 60.2 Å². The third kappa shape index (κ3) is 1.89. The molecule has 1 fully saturated rings. The minimum Gasteiger partial charge on any atom is -0.391 e. The smallest absolute Gasteiger partial charge is 0.0761 e. The lowest BCUT2D eigenvalue weighted by Gasteiger charge is -2.22. The molecule has 2 nitrogen and oxygen atoms in total. The minimum absolute atomic E-state index is 0.313. The Morgan fingerprint density at radius 1 is 0.826 bits per heavy atom. The first kappa shape index (κ1) is 13.3. The highest BCUT2D eigenvalue weighted by atomic mass is 16.3. The second-order valence-corrected chi connectivity index (χ2v) is 6.86. The first-order valence-electron chi connectivity index (χ1n) is 8.34. The van der Waals surface area contributed by atoms with Gasteiger partial charge in [-0.05, 0) is 56.6 Å². The van der Waals surface area contributed by atoms with Crippen LogP contribution in [-0.2, 0) is 0 Å². The molecule has 114 valence electrons. The highest BCUT2D eigenvalue weighted by Crippen LogP contribution is 2.41. The quantitative estimate of drug-likeness (QED) is 0.552. The Morgan fingerprint density at radius 3 is 2.13 bits per heavy atom. The van der Waals surface area contributed by atoms with Gasteiger partial charge in [-0.25, -0.2) is 0 Å². The Hall–Kier alpha value is -2.16. The second kappa shape index (κ2) is 4.67. The van der Waals surface area contributed by atoms with E-state index in [1.807, 2.05) is 0 Å². The lowest BCUT2D eigenvalue weighted by atomic mass is 9.88. The Bertz CT molecular complexity index is 1000. The van der Waals surface area contributed by atoms with Crippen LogP contribution in [0.4, 0.5) is 0 Å². The molecule has 1 aliphatic rings. The largest absolute Gasteiger partial charge is 0.391 e. The van der Waals surface area contributed by atoms with Crippen molar-refractivity contribution in [2.45, 2.75) is 25.0 Å². The molecule has 0 spiro atoms. The molecule has 0 unspecified atom stereocenters. The lowest BCUT2D eigenvalue weighted by Crippen LogP contribution is -2.28. The van der Waals surface area contributed by atoms with Gasteiger partial charge in [-0.3, -0.25) is 0 Å². The van der Waals surface area contributed by atoms with Crippen LogP contribution in [-0.4, -0.2) is 11.2 Å². The molecule has 5 rings (SSSR count). The SMILES string of the molecule is N[C@@H](c1ccc2ccc3cccc4ccc1c2c34)[C@H](O)C1CC1. The molecule has 1 saturated carbocycles. The van der Waals surface area contributed by atoms with Crippen LogP contribution in [0.15, 0.2) is 54.6 Å². The zero-order valence-electron chi connectivity index (χ0n) is 12.9. The van der Waals surface area contributed by atoms with Crippen LogP contribution in [0.3, 0.4) is 0 Å². The molecular weight excluding hydrogens is 282 g/mol. The molecule has 2 atom stereocenters. The number of hydrogen-bond acceptors (Lipinski definition) is 2. The number of rotatable bonds is 3. The Balaban J connectivity index is 1.84. The highest BCUT2D eigenvalue weighted by Gasteiger charge is 2.34. The number of benzene rings is 4. The molecular formula is C21H19NO. The van der Waals surface area contributed by atoms with Crippen molar-refractivity contribution in [1.82, 2.24) is 0 Å². The van der Waals surface area contributed by atoms with Gasteiger partial charge in [-0.15, -0.1) is 0 Å². The van der Waals surface area contributed by atoms with E-state index in [1.54, 1.807) is 0 Å². The molecule has 0 heterocycles. The van der Waals surface area contributed by atoms with Crippen molar-refractivity contribution >= 4 is 32.3 Å². The van der Waals surface area contributed by atoms with Gasteiger partial charge in [-0.2, -0.15) is 0 Å². The van der Waals surface area contributed by atoms with E-state index < -0.39 is 6.10 Å². The topological polar surface area (TPSA) is 46.2 Å². The van der Waals surface area contributed by atoms with E-state index in [9.17, 15) is 5.11 Å². The summed E-state index contributed by atoms with van der Waals surface area (Å²) >= 11 is 0. The van der Waals surface area contributed by atoms with Crippen LogP contribution in [0, 0.1) is 5.92 Å². The standard InChI is InChI=1S/C21H19NO/c22-20(21(23)15-6-7-15)17-11-9-14-5-4-12-2-1-3-13-8-10-16(17)19(14)18(12)13/h1-5,8-11,15,20-21,23H,6-7,22H2/t20-,21+/m0/s1. The molecule has 1 aliphatic carbocycles. The van der Waals surface area contributed by atoms with Crippen molar-refractivity contribution in [3.63, 3.8) is 0 Å². The summed E-state index contributed by atoms with van der Waals surface area (Å²) in [5.41, 5.74) is 7.49. The molecule has 23 heavy (non-hydrogen) atoms. The van der Waals surface area contributed by atoms with E-state index in [0.29, 0.717) is 5.92 Å². The van der Waals surface area contributed by atoms with Crippen molar-refractivity contribution in [2.75, 3.05) is 0 Å². The molecule has 4 aromatic carbocycles. The molecule has 0 aromatic heterocycles. The van der Waals surface area contributed by atoms with Crippen LogP contribution >= 0.6 is 0 Å². The fourth-order valence-electron chi connectivity index (χ4n) is 3.96. The van der Waals surface area contributed by atoms with E-state index in [-0.39, 0.29) is 6.04 Å². The minimum atomic E-state index is -0.437. The van der Waals surface area contributed by atoms with Crippen LogP contribution in [0.2, 0.25) is 0 Å². The van der Waals surface area contributed by atoms with Gasteiger partial charge in [0.25, 0.3) is 0 Å². The zero-order valence-corrected chi connectivity index (χ0v) is 12.9. The summed E-state index contributed by atoms with van der Waals surface area (Å²) in [7, 11) is 0. The highest BCUT2D eigenvalue weighted by molar-refractivity contribution is 6.23. The van der Waals surface area contributed by atoms with Crippen LogP contribution < -0.4 is 5.73 Å². The third-order valence-corrected chi connectivity index (χ3v) is 5.39. The van der Waals surface area contributed by atoms with E-state index in [2.05, 4.69) is 54.6 Å². The predicted molar refractivity (Wildman–Crippen MR) is 95.8 cm³/mol. The average molecular weight is 301 g/mol. The van der Waals surface area contributed by atoms with Gasteiger partial charge in [0, 0.05) is 0 Å². The number of aliphatic hydroxyl groups is 1. The molecule has 2 heteroatoms. The van der Waals surface area contributed by atoms with E-state index >= 15 is 0 Å². The van der Waals surface area contributed by atoms with Crippen LogP contribution in [0.5, 0.6) is 0 Å². The number of aliphatic hydroxyl groups excluding tert-OH is 1. The van der Waals surface area contributed by atoms with E-state index in [0.717, 1.165) is 18.4 Å². The average Bonchev–Trinajstić information content (AvgIpc) is 3.43. The maximum Gasteiger partial charge on any atom is 0.0761 e. The van der Waals surface area contributed by atoms with Crippen molar-refractivity contribution in [2.24, 2.45) is 11.7 Å². The molecule has 0 saturated heterocycles. The second-order valence-electron chi connectivity index (χ2n) is 6.86. The lowest BCUT2D eigenvalue weighted by molar-refractivity contribution is 0.123. The van der Waals surface area contributed by atoms with Gasteiger partial charge < -0.3 is 10.8 Å². The van der Waals surface area contributed by atoms with Crippen molar-refractivity contribution < 1.29 is 5.11 Å². The third-order valence-electron chi connectivity index (χ3n) is 5.39. The fourth-order valence-corrected chi connectivity index (χ4v) is 3.96. The van der Waals surface area contributed by atoms with E-state index in [4.69, 9.17) is 5.73 Å². The maximum atomic E-state index is 10.5. The molecule has 0 amide bonds. The van der Waals surface area contributed by atoms with Crippen molar-refractivity contribution in [3.8, 4) is 0 Å². The summed E-state index contributed by atoms with van der Waals surface area (Å²) in [4.78, 5) is 0. The van der Waals surface area contributed by atoms with Crippen molar-refractivity contribution in [1.29, 1.82) is 0 Å². The van der Waals surface area contributed by atoms with Gasteiger partial charge in [-0.1, -0.05) is 54.6 Å². The molecule has 0 aliphatic heterocycles. The zero-order chi connectivity index (χ0) is 15.6. The van der Waals surface area contributed by atoms with Crippen LogP contribution in [0.25, 0.3) is 32.3 Å². The molecule has 0 bridgehead atoms. The summed E-state index contributed by atoms with van der Waals surface area (Å²) in [6.45, 7) is 0. The summed E-state index contributed by atoms with van der Waals surface area (Å²) in [5, 5.41) is 18.0. The summed E-state index contributed by atoms with van der Waals surface area (Å²) < 4.78 is 0. The monoisotopic (exact) mass is 301 g/mol. The fraction of sp³-hybridized carbons (Fsp3) is 0.238. The van der Waals surface area contributed by atoms with Crippen LogP contribution in [0.1, 0.15) is 24.4 Å². The van der Waals surface area contributed by atoms with Gasteiger partial charge in [0.15, 0.2) is 0 Å². The number of hydrogen-bond donors (Lipinski definition) is 2. The Morgan fingerprint density at radius 2 is 1.43 bits per heavy atom. The maximum absolute atomic E-state index is 10.5. The van der Waals surface area contributed by atoms with Gasteiger partial charge >= 0.3 is 0 Å². The Labute approximate surface area is 134 Å². The van der Waals surface area contributed by atoms with Gasteiger partial charge in [0.2, 0.25) is 0 Å². The number of nitrogens with two attached hydrogens (primary N) is 1. The summed E-state index contributed by atoms with van der Waals surface area (Å²) in [6.07, 6.45) is 1.76. The summed E-state index contributed by atoms with van der Waals surface area (Å²) in [6, 6.07) is 19.0.